The van der Waals surface area contributed by atoms with Gasteiger partial charge in [-0.2, -0.15) is 0 Å². The Kier molecular flexibility index (Phi) is 8.09. The van der Waals surface area contributed by atoms with Gasteiger partial charge >= 0.3 is 12.0 Å². The molecule has 0 bridgehead atoms. The molecule has 0 aromatic rings. The van der Waals surface area contributed by atoms with Crippen LogP contribution in [-0.4, -0.2) is 53.6 Å². The molecule has 0 aromatic heterocycles. The highest BCUT2D eigenvalue weighted by molar-refractivity contribution is 5.95. The molecule has 8 heteroatoms. The molecule has 0 aliphatic carbocycles. The summed E-state index contributed by atoms with van der Waals surface area (Å²) in [5.41, 5.74) is 0. The van der Waals surface area contributed by atoms with Crippen LogP contribution >= 0.6 is 12.4 Å². The van der Waals surface area contributed by atoms with Crippen molar-refractivity contribution in [3.63, 3.8) is 0 Å². The van der Waals surface area contributed by atoms with E-state index in [1.54, 1.807) is 4.90 Å². The van der Waals surface area contributed by atoms with Gasteiger partial charge in [0.1, 0.15) is 6.04 Å². The average Bonchev–Trinajstić information content (AvgIpc) is 2.74. The van der Waals surface area contributed by atoms with Crippen LogP contribution in [0, 0.1) is 0 Å². The Bertz CT molecular complexity index is 338. The number of carboxylic acid groups (broad SMARTS) is 1. The summed E-state index contributed by atoms with van der Waals surface area (Å²) >= 11 is 0. The lowest BCUT2D eigenvalue weighted by Crippen LogP contribution is -2.47. The number of amides is 3. The standard InChI is InChI=1S/C11H19N3O4.ClH/c1-2-5-12-11(18)13-9(15)7-14-6-3-4-8(14)10(16)17;/h8H,2-7H2,1H3,(H,16,17)(H2,12,13,15,18);1H/t8-;/m0./s1. The van der Waals surface area contributed by atoms with Gasteiger partial charge in [-0.25, -0.2) is 4.79 Å². The molecule has 1 rings (SSSR count). The summed E-state index contributed by atoms with van der Waals surface area (Å²) in [6.45, 7) is 2.92. The third kappa shape index (κ3) is 5.89. The van der Waals surface area contributed by atoms with Gasteiger partial charge in [0.25, 0.3) is 0 Å². The van der Waals surface area contributed by atoms with E-state index in [-0.39, 0.29) is 19.0 Å². The largest absolute Gasteiger partial charge is 0.480 e. The Morgan fingerprint density at radius 1 is 1.37 bits per heavy atom. The Morgan fingerprint density at radius 3 is 2.63 bits per heavy atom. The van der Waals surface area contributed by atoms with E-state index in [2.05, 4.69) is 10.6 Å². The van der Waals surface area contributed by atoms with Crippen LogP contribution in [0.5, 0.6) is 0 Å². The van der Waals surface area contributed by atoms with Crippen molar-refractivity contribution in [3.8, 4) is 0 Å². The van der Waals surface area contributed by atoms with Gasteiger partial charge in [-0.3, -0.25) is 19.8 Å². The molecule has 0 saturated carbocycles. The Labute approximate surface area is 118 Å². The second-order valence-corrected chi connectivity index (χ2v) is 4.27. The second-order valence-electron chi connectivity index (χ2n) is 4.27. The number of carbonyl (C=O) groups is 3. The minimum Gasteiger partial charge on any atom is -0.480 e. The predicted molar refractivity (Wildman–Crippen MR) is 71.3 cm³/mol. The van der Waals surface area contributed by atoms with Crippen LogP contribution in [-0.2, 0) is 9.59 Å². The fraction of sp³-hybridized carbons (Fsp3) is 0.727. The minimum absolute atomic E-state index is 0. The minimum atomic E-state index is -0.921. The number of aliphatic carboxylic acids is 1. The van der Waals surface area contributed by atoms with Gasteiger partial charge in [0.15, 0.2) is 0 Å². The molecule has 1 aliphatic rings. The monoisotopic (exact) mass is 293 g/mol. The molecule has 1 atom stereocenters. The lowest BCUT2D eigenvalue weighted by atomic mass is 10.2. The van der Waals surface area contributed by atoms with Crippen molar-refractivity contribution in [2.75, 3.05) is 19.6 Å². The summed E-state index contributed by atoms with van der Waals surface area (Å²) in [5, 5.41) is 13.6. The zero-order valence-corrected chi connectivity index (χ0v) is 11.7. The maximum absolute atomic E-state index is 11.5. The van der Waals surface area contributed by atoms with Crippen LogP contribution in [0.2, 0.25) is 0 Å². The summed E-state index contributed by atoms with van der Waals surface area (Å²) in [7, 11) is 0. The number of hydrogen-bond acceptors (Lipinski definition) is 4. The Balaban J connectivity index is 0.00000324. The predicted octanol–water partition coefficient (Wildman–Crippen LogP) is 0.193. The number of halogens is 1. The molecular weight excluding hydrogens is 274 g/mol. The molecule has 110 valence electrons. The van der Waals surface area contributed by atoms with E-state index in [0.29, 0.717) is 19.5 Å². The highest BCUT2D eigenvalue weighted by atomic mass is 35.5. The van der Waals surface area contributed by atoms with Crippen LogP contribution in [0.4, 0.5) is 4.79 Å². The number of likely N-dealkylation sites (tertiary alicyclic amines) is 1. The maximum Gasteiger partial charge on any atom is 0.321 e. The fourth-order valence-corrected chi connectivity index (χ4v) is 1.93. The van der Waals surface area contributed by atoms with E-state index in [1.165, 1.54) is 0 Å². The third-order valence-electron chi connectivity index (χ3n) is 2.78. The zero-order chi connectivity index (χ0) is 13.5. The second kappa shape index (κ2) is 8.71. The molecule has 1 aliphatic heterocycles. The van der Waals surface area contributed by atoms with Crippen LogP contribution in [0.3, 0.4) is 0 Å². The molecule has 1 saturated heterocycles. The molecule has 1 heterocycles. The van der Waals surface area contributed by atoms with E-state index in [1.807, 2.05) is 6.92 Å². The normalized spacial score (nSPS) is 18.5. The van der Waals surface area contributed by atoms with Gasteiger partial charge in [0.2, 0.25) is 5.91 Å². The van der Waals surface area contributed by atoms with Gasteiger partial charge in [-0.1, -0.05) is 6.92 Å². The molecule has 1 fully saturated rings. The van der Waals surface area contributed by atoms with Crippen LogP contribution in [0.15, 0.2) is 0 Å². The summed E-state index contributed by atoms with van der Waals surface area (Å²) in [6.07, 6.45) is 2.09. The third-order valence-corrected chi connectivity index (χ3v) is 2.78. The summed E-state index contributed by atoms with van der Waals surface area (Å²) in [5.74, 6) is -1.40. The van der Waals surface area contributed by atoms with Gasteiger partial charge in [0.05, 0.1) is 6.54 Å². The van der Waals surface area contributed by atoms with Crippen molar-refractivity contribution >= 4 is 30.3 Å². The molecule has 0 radical (unpaired) electrons. The molecule has 3 amide bonds. The molecule has 0 aromatic carbocycles. The molecule has 0 unspecified atom stereocenters. The molecule has 3 N–H and O–H groups in total. The summed E-state index contributed by atoms with van der Waals surface area (Å²) in [6, 6.07) is -1.15. The SMILES string of the molecule is CCCNC(=O)NC(=O)CN1CCC[C@H]1C(=O)O.Cl. The number of hydrogen-bond donors (Lipinski definition) is 3. The van der Waals surface area contributed by atoms with Crippen molar-refractivity contribution in [2.45, 2.75) is 32.2 Å². The summed E-state index contributed by atoms with van der Waals surface area (Å²) in [4.78, 5) is 35.2. The number of imide groups is 1. The van der Waals surface area contributed by atoms with E-state index >= 15 is 0 Å². The van der Waals surface area contributed by atoms with Crippen molar-refractivity contribution in [1.82, 2.24) is 15.5 Å². The first-order valence-electron chi connectivity index (χ1n) is 6.09. The number of carboxylic acids is 1. The van der Waals surface area contributed by atoms with Crippen molar-refractivity contribution in [2.24, 2.45) is 0 Å². The number of urea groups is 1. The van der Waals surface area contributed by atoms with Crippen molar-refractivity contribution in [1.29, 1.82) is 0 Å². The van der Waals surface area contributed by atoms with Crippen LogP contribution in [0.1, 0.15) is 26.2 Å². The maximum atomic E-state index is 11.5. The number of nitrogens with one attached hydrogen (secondary N) is 2. The quantitative estimate of drug-likeness (QED) is 0.672. The van der Waals surface area contributed by atoms with Gasteiger partial charge in [0, 0.05) is 6.54 Å². The first-order chi connectivity index (χ1) is 8.54. The fourth-order valence-electron chi connectivity index (χ4n) is 1.93. The van der Waals surface area contributed by atoms with E-state index < -0.39 is 23.9 Å². The van der Waals surface area contributed by atoms with E-state index in [4.69, 9.17) is 5.11 Å². The number of rotatable bonds is 5. The van der Waals surface area contributed by atoms with Gasteiger partial charge in [-0.05, 0) is 25.8 Å². The number of nitrogens with zero attached hydrogens (tertiary/aromatic N) is 1. The zero-order valence-electron chi connectivity index (χ0n) is 10.8. The first-order valence-corrected chi connectivity index (χ1v) is 6.09. The number of carbonyl (C=O) groups excluding carboxylic acids is 2. The van der Waals surface area contributed by atoms with Crippen molar-refractivity contribution in [3.05, 3.63) is 0 Å². The topological polar surface area (TPSA) is 98.7 Å². The first kappa shape index (κ1) is 17.7. The molecular formula is C11H20ClN3O4. The Hall–Kier alpha value is -1.34. The summed E-state index contributed by atoms with van der Waals surface area (Å²) < 4.78 is 0. The average molecular weight is 294 g/mol. The van der Waals surface area contributed by atoms with Crippen molar-refractivity contribution < 1.29 is 19.5 Å². The highest BCUT2D eigenvalue weighted by Crippen LogP contribution is 2.16. The lowest BCUT2D eigenvalue weighted by Gasteiger charge is -2.19. The van der Waals surface area contributed by atoms with Crippen LogP contribution in [0.25, 0.3) is 0 Å². The molecule has 19 heavy (non-hydrogen) atoms. The van der Waals surface area contributed by atoms with E-state index in [9.17, 15) is 14.4 Å². The lowest BCUT2D eigenvalue weighted by molar-refractivity contribution is -0.142. The Morgan fingerprint density at radius 2 is 2.05 bits per heavy atom. The van der Waals surface area contributed by atoms with E-state index in [0.717, 1.165) is 12.8 Å². The molecule has 7 nitrogen and oxygen atoms in total. The van der Waals surface area contributed by atoms with Crippen LogP contribution < -0.4 is 10.6 Å². The highest BCUT2D eigenvalue weighted by Gasteiger charge is 2.31. The molecule has 0 spiro atoms. The smallest absolute Gasteiger partial charge is 0.321 e. The van der Waals surface area contributed by atoms with Gasteiger partial charge < -0.3 is 10.4 Å². The van der Waals surface area contributed by atoms with Gasteiger partial charge in [-0.15, -0.1) is 12.4 Å².